The van der Waals surface area contributed by atoms with Crippen LogP contribution in [0.25, 0.3) is 22.2 Å². The van der Waals surface area contributed by atoms with Crippen LogP contribution >= 0.6 is 11.6 Å². The van der Waals surface area contributed by atoms with Crippen molar-refractivity contribution in [3.63, 3.8) is 0 Å². The van der Waals surface area contributed by atoms with E-state index in [0.29, 0.717) is 16.1 Å². The highest BCUT2D eigenvalue weighted by Crippen LogP contribution is 2.25. The number of benzene rings is 1. The maximum absolute atomic E-state index is 11.4. The van der Waals surface area contributed by atoms with Gasteiger partial charge in [-0.25, -0.2) is 5.10 Å². The third-order valence-corrected chi connectivity index (χ3v) is 2.64. The van der Waals surface area contributed by atoms with E-state index < -0.39 is 0 Å². The first-order chi connectivity index (χ1) is 8.25. The van der Waals surface area contributed by atoms with Gasteiger partial charge in [0.15, 0.2) is 5.52 Å². The topological polar surface area (TPSA) is 71.8 Å². The molecule has 0 bridgehead atoms. The lowest BCUT2D eigenvalue weighted by molar-refractivity contribution is 0.428. The Kier molecular flexibility index (Phi) is 2.19. The number of halogens is 1. The zero-order valence-corrected chi connectivity index (χ0v) is 9.23. The lowest BCUT2D eigenvalue weighted by Crippen LogP contribution is -2.09. The van der Waals surface area contributed by atoms with E-state index in [2.05, 4.69) is 15.4 Å². The van der Waals surface area contributed by atoms with Crippen molar-refractivity contribution in [3.8, 4) is 11.3 Å². The summed E-state index contributed by atoms with van der Waals surface area (Å²) in [6, 6.07) is 7.18. The van der Waals surface area contributed by atoms with Crippen molar-refractivity contribution < 1.29 is 4.52 Å². The summed E-state index contributed by atoms with van der Waals surface area (Å²) in [7, 11) is 0. The molecule has 5 nitrogen and oxygen atoms in total. The predicted molar refractivity (Wildman–Crippen MR) is 62.9 cm³/mol. The van der Waals surface area contributed by atoms with Crippen molar-refractivity contribution in [2.75, 3.05) is 0 Å². The molecule has 0 fully saturated rings. The van der Waals surface area contributed by atoms with E-state index in [1.165, 1.54) is 6.26 Å². The molecule has 3 aromatic rings. The van der Waals surface area contributed by atoms with Crippen molar-refractivity contribution in [2.24, 2.45) is 0 Å². The minimum absolute atomic E-state index is 0.231. The van der Waals surface area contributed by atoms with Crippen molar-refractivity contribution in [3.05, 3.63) is 45.9 Å². The molecular formula is C11H6ClN3O2. The third-order valence-electron chi connectivity index (χ3n) is 2.41. The smallest absolute Gasteiger partial charge is 0.294 e. The normalized spacial score (nSPS) is 10.9. The first kappa shape index (κ1) is 10.0. The van der Waals surface area contributed by atoms with Crippen LogP contribution in [0.1, 0.15) is 0 Å². The van der Waals surface area contributed by atoms with Crippen LogP contribution in [0.2, 0.25) is 5.02 Å². The third kappa shape index (κ3) is 1.60. The lowest BCUT2D eigenvalue weighted by atomic mass is 10.1. The van der Waals surface area contributed by atoms with Crippen LogP contribution in [0, 0.1) is 0 Å². The highest BCUT2D eigenvalue weighted by molar-refractivity contribution is 6.30. The molecule has 2 aromatic heterocycles. The molecule has 0 saturated heterocycles. The molecule has 17 heavy (non-hydrogen) atoms. The van der Waals surface area contributed by atoms with E-state index in [9.17, 15) is 4.79 Å². The SMILES string of the molecule is O=c1[nH]nc(-c2cccc(Cl)c2)c2conc12. The molecular weight excluding hydrogens is 242 g/mol. The average molecular weight is 248 g/mol. The second-order valence-corrected chi connectivity index (χ2v) is 3.92. The van der Waals surface area contributed by atoms with E-state index in [1.807, 2.05) is 12.1 Å². The van der Waals surface area contributed by atoms with Gasteiger partial charge in [0.25, 0.3) is 5.56 Å². The Balaban J connectivity index is 2.35. The first-order valence-corrected chi connectivity index (χ1v) is 5.22. The van der Waals surface area contributed by atoms with Crippen LogP contribution in [-0.2, 0) is 0 Å². The second-order valence-electron chi connectivity index (χ2n) is 3.49. The van der Waals surface area contributed by atoms with E-state index >= 15 is 0 Å². The molecule has 0 atom stereocenters. The summed E-state index contributed by atoms with van der Waals surface area (Å²) in [5.74, 6) is 0. The fraction of sp³-hybridized carbons (Fsp3) is 0. The number of aromatic amines is 1. The molecule has 2 heterocycles. The monoisotopic (exact) mass is 247 g/mol. The van der Waals surface area contributed by atoms with Crippen LogP contribution in [0.4, 0.5) is 0 Å². The van der Waals surface area contributed by atoms with Crippen LogP contribution in [0.5, 0.6) is 0 Å². The molecule has 0 radical (unpaired) electrons. The summed E-state index contributed by atoms with van der Waals surface area (Å²) >= 11 is 5.91. The molecule has 0 aliphatic rings. The van der Waals surface area contributed by atoms with Gasteiger partial charge >= 0.3 is 0 Å². The number of hydrogen-bond donors (Lipinski definition) is 1. The summed E-state index contributed by atoms with van der Waals surface area (Å²) in [4.78, 5) is 11.4. The highest BCUT2D eigenvalue weighted by atomic mass is 35.5. The zero-order chi connectivity index (χ0) is 11.8. The minimum atomic E-state index is -0.375. The van der Waals surface area contributed by atoms with Gasteiger partial charge in [-0.15, -0.1) is 0 Å². The Morgan fingerprint density at radius 1 is 1.35 bits per heavy atom. The van der Waals surface area contributed by atoms with Gasteiger partial charge in [-0.05, 0) is 12.1 Å². The Hall–Kier alpha value is -2.14. The Morgan fingerprint density at radius 2 is 2.24 bits per heavy atom. The summed E-state index contributed by atoms with van der Waals surface area (Å²) < 4.78 is 4.80. The molecule has 6 heteroatoms. The summed E-state index contributed by atoms with van der Waals surface area (Å²) in [6.45, 7) is 0. The van der Waals surface area contributed by atoms with Crippen LogP contribution in [0.3, 0.4) is 0 Å². The molecule has 0 unspecified atom stereocenters. The number of H-pyrrole nitrogens is 1. The summed E-state index contributed by atoms with van der Waals surface area (Å²) in [5, 5.41) is 11.2. The van der Waals surface area contributed by atoms with Crippen molar-refractivity contribution in [1.29, 1.82) is 0 Å². The Labute approximate surface area is 100 Å². The van der Waals surface area contributed by atoms with Crippen molar-refractivity contribution in [2.45, 2.75) is 0 Å². The molecule has 1 N–H and O–H groups in total. The molecule has 0 saturated carbocycles. The number of fused-ring (bicyclic) bond motifs is 1. The molecule has 0 aliphatic carbocycles. The maximum atomic E-state index is 11.4. The Morgan fingerprint density at radius 3 is 3.06 bits per heavy atom. The molecule has 0 aliphatic heterocycles. The Bertz CT molecular complexity index is 748. The van der Waals surface area contributed by atoms with E-state index in [1.54, 1.807) is 12.1 Å². The number of nitrogens with zero attached hydrogens (tertiary/aromatic N) is 2. The van der Waals surface area contributed by atoms with E-state index in [4.69, 9.17) is 16.1 Å². The van der Waals surface area contributed by atoms with Crippen LogP contribution in [-0.4, -0.2) is 15.4 Å². The summed E-state index contributed by atoms with van der Waals surface area (Å²) in [5.41, 5.74) is 1.24. The van der Waals surface area contributed by atoms with Gasteiger partial charge < -0.3 is 4.52 Å². The van der Waals surface area contributed by atoms with Crippen LogP contribution in [0.15, 0.2) is 39.8 Å². The predicted octanol–water partition coefficient (Wildman–Crippen LogP) is 2.23. The van der Waals surface area contributed by atoms with Crippen molar-refractivity contribution in [1.82, 2.24) is 15.4 Å². The van der Waals surface area contributed by atoms with Gasteiger partial charge in [0, 0.05) is 10.6 Å². The fourth-order valence-electron chi connectivity index (χ4n) is 1.64. The first-order valence-electron chi connectivity index (χ1n) is 4.84. The fourth-order valence-corrected chi connectivity index (χ4v) is 1.83. The van der Waals surface area contributed by atoms with Gasteiger partial charge in [-0.3, -0.25) is 4.79 Å². The molecule has 3 rings (SSSR count). The maximum Gasteiger partial charge on any atom is 0.294 e. The molecule has 0 spiro atoms. The van der Waals surface area contributed by atoms with Gasteiger partial charge in [0.05, 0.1) is 5.39 Å². The number of nitrogens with one attached hydrogen (secondary N) is 1. The van der Waals surface area contributed by atoms with Gasteiger partial charge in [0.2, 0.25) is 0 Å². The molecule has 84 valence electrons. The average Bonchev–Trinajstić information content (AvgIpc) is 2.79. The molecule has 1 aromatic carbocycles. The van der Waals surface area contributed by atoms with Crippen LogP contribution < -0.4 is 5.56 Å². The van der Waals surface area contributed by atoms with Gasteiger partial charge in [-0.1, -0.05) is 28.9 Å². The molecule has 0 amide bonds. The van der Waals surface area contributed by atoms with E-state index in [-0.39, 0.29) is 11.1 Å². The summed E-state index contributed by atoms with van der Waals surface area (Å²) in [6.07, 6.45) is 1.40. The highest BCUT2D eigenvalue weighted by Gasteiger charge is 2.11. The minimum Gasteiger partial charge on any atom is -0.363 e. The van der Waals surface area contributed by atoms with Crippen molar-refractivity contribution >= 4 is 22.5 Å². The standard InChI is InChI=1S/C11H6ClN3O2/c12-7-3-1-2-6(4-7)9-8-5-17-15-10(8)11(16)14-13-9/h1-5H,(H,14,16). The number of hydrogen-bond acceptors (Lipinski definition) is 4. The lowest BCUT2D eigenvalue weighted by Gasteiger charge is -2.00. The number of aromatic nitrogens is 3. The van der Waals surface area contributed by atoms with Gasteiger partial charge in [-0.2, -0.15) is 5.10 Å². The quantitative estimate of drug-likeness (QED) is 0.716. The largest absolute Gasteiger partial charge is 0.363 e. The van der Waals surface area contributed by atoms with Gasteiger partial charge in [0.1, 0.15) is 12.0 Å². The zero-order valence-electron chi connectivity index (χ0n) is 8.48. The number of rotatable bonds is 1. The van der Waals surface area contributed by atoms with E-state index in [0.717, 1.165) is 5.56 Å². The second kappa shape index (κ2) is 3.71.